The van der Waals surface area contributed by atoms with Crippen LogP contribution in [0, 0.1) is 0 Å². The first-order valence-corrected chi connectivity index (χ1v) is 40.4. The first kappa shape index (κ1) is 63.6. The maximum absolute atomic E-state index is 7.19. The SMILES string of the molecule is CC1(C)c2ccccc2-c2cccc(-c3cccc(N(c4ccc5c(c4)C4(c6ccccc6Sc6ccccc64)c4cc(N(c6ccccc6)c6cc7oc8ccccc8c7cc6C6Cc7ccccc7S6)ccc4-5)c4cc(-c5ccc6c(c5)Sc5ccccc5N6c5ccccc5)c5oc6ccccc6c5c4)c3)c21. The van der Waals surface area contributed by atoms with E-state index in [0.29, 0.717) is 0 Å². The van der Waals surface area contributed by atoms with E-state index in [1.54, 1.807) is 0 Å². The molecule has 1 unspecified atom stereocenters. The molecule has 5 aliphatic rings. The van der Waals surface area contributed by atoms with Crippen molar-refractivity contribution in [2.24, 2.45) is 0 Å². The van der Waals surface area contributed by atoms with Gasteiger partial charge in [-0.05, 0) is 223 Å². The highest BCUT2D eigenvalue weighted by Gasteiger charge is 2.51. The van der Waals surface area contributed by atoms with Crippen LogP contribution in [0.1, 0.15) is 63.6 Å². The van der Waals surface area contributed by atoms with Crippen LogP contribution in [-0.4, -0.2) is 0 Å². The van der Waals surface area contributed by atoms with E-state index in [0.717, 1.165) is 112 Å². The molecule has 2 aliphatic carbocycles. The van der Waals surface area contributed by atoms with Gasteiger partial charge in [0.2, 0.25) is 0 Å². The number of para-hydroxylation sites is 5. The molecule has 0 radical (unpaired) electrons. The Labute approximate surface area is 650 Å². The van der Waals surface area contributed by atoms with E-state index in [1.165, 1.54) is 102 Å². The van der Waals surface area contributed by atoms with Gasteiger partial charge in [0.15, 0.2) is 0 Å². The standard InChI is InChI=1S/C102H67N3O2S3/c1-101(2)82-37-13-10-32-72(82)77-36-24-35-71(99(77)101)62-26-23-31-67(53-62)103(70-56-78(100-80(57-70)76-34-12-18-42-91(76)107-100)63-47-52-88-98(54-63)110-96-46-22-16-40-87(96)105(88)66-29-7-4-8-30-66)68-48-50-73-74-51-49-69(59-86(74)102(85(73)58-68)83-38-14-20-44-94(83)109-95-45-21-15-39-84(95)102)104(65-27-5-3-6-28-65)89-61-92-79(75-33-11-17-41-90(75)106-92)60-81(89)97-55-64-25-9-19-43-93(64)108-97/h3-54,56-61,97H,55H2,1-2H3. The van der Waals surface area contributed by atoms with Crippen LogP contribution in [0.3, 0.4) is 0 Å². The summed E-state index contributed by atoms with van der Waals surface area (Å²) in [5.41, 5.74) is 31.9. The molecule has 0 saturated heterocycles. The van der Waals surface area contributed by atoms with E-state index >= 15 is 0 Å². The highest BCUT2D eigenvalue weighted by atomic mass is 32.2. The van der Waals surface area contributed by atoms with Gasteiger partial charge in [0.05, 0.1) is 22.5 Å². The van der Waals surface area contributed by atoms with Crippen LogP contribution in [0.4, 0.5) is 51.2 Å². The predicted octanol–water partition coefficient (Wildman–Crippen LogP) is 29.2. The second-order valence-corrected chi connectivity index (χ2v) is 33.5. The van der Waals surface area contributed by atoms with Crippen LogP contribution >= 0.6 is 35.3 Å². The van der Waals surface area contributed by atoms with Crippen molar-refractivity contribution in [3.63, 3.8) is 0 Å². The number of benzene rings is 16. The van der Waals surface area contributed by atoms with Gasteiger partial charge in [-0.25, -0.2) is 0 Å². The molecule has 520 valence electrons. The minimum Gasteiger partial charge on any atom is -0.456 e. The lowest BCUT2D eigenvalue weighted by Gasteiger charge is -2.40. The molecule has 8 heteroatoms. The second kappa shape index (κ2) is 24.5. The van der Waals surface area contributed by atoms with Crippen molar-refractivity contribution < 1.29 is 8.83 Å². The van der Waals surface area contributed by atoms with Gasteiger partial charge in [0.25, 0.3) is 0 Å². The van der Waals surface area contributed by atoms with Crippen molar-refractivity contribution in [2.75, 3.05) is 14.7 Å². The molecule has 23 rings (SSSR count). The van der Waals surface area contributed by atoms with E-state index < -0.39 is 5.41 Å². The summed E-state index contributed by atoms with van der Waals surface area (Å²) < 4.78 is 14.1. The van der Waals surface area contributed by atoms with Gasteiger partial charge >= 0.3 is 0 Å². The Morgan fingerprint density at radius 2 is 0.900 bits per heavy atom. The minimum atomic E-state index is -0.798. The number of thioether (sulfide) groups is 1. The molecule has 0 saturated carbocycles. The Balaban J connectivity index is 0.762. The summed E-state index contributed by atoms with van der Waals surface area (Å²) >= 11 is 5.68. The van der Waals surface area contributed by atoms with E-state index in [1.807, 2.05) is 35.3 Å². The van der Waals surface area contributed by atoms with E-state index in [4.69, 9.17) is 8.83 Å². The number of anilines is 9. The summed E-state index contributed by atoms with van der Waals surface area (Å²) in [6.45, 7) is 4.79. The van der Waals surface area contributed by atoms with Gasteiger partial charge in [0, 0.05) is 102 Å². The Bertz CT molecular complexity index is 6820. The van der Waals surface area contributed by atoms with Crippen molar-refractivity contribution in [3.8, 4) is 44.5 Å². The van der Waals surface area contributed by atoms with Crippen LogP contribution in [-0.2, 0) is 17.3 Å². The third-order valence-electron chi connectivity index (χ3n) is 23.8. The van der Waals surface area contributed by atoms with Gasteiger partial charge < -0.3 is 23.5 Å². The van der Waals surface area contributed by atoms with Gasteiger partial charge in [-0.2, -0.15) is 0 Å². The third kappa shape index (κ3) is 9.52. The van der Waals surface area contributed by atoms with Gasteiger partial charge in [0.1, 0.15) is 22.3 Å². The lowest BCUT2D eigenvalue weighted by atomic mass is 9.67. The van der Waals surface area contributed by atoms with Crippen molar-refractivity contribution in [1.29, 1.82) is 0 Å². The Hall–Kier alpha value is -12.4. The fourth-order valence-electron chi connectivity index (χ4n) is 19.0. The molecule has 5 heterocycles. The quantitative estimate of drug-likeness (QED) is 0.134. The lowest BCUT2D eigenvalue weighted by molar-refractivity contribution is 0.662. The smallest absolute Gasteiger partial charge is 0.143 e. The molecule has 1 atom stereocenters. The van der Waals surface area contributed by atoms with Crippen molar-refractivity contribution in [1.82, 2.24) is 0 Å². The third-order valence-corrected chi connectivity index (χ3v) is 27.4. The van der Waals surface area contributed by atoms with Gasteiger partial charge in [-0.15, -0.1) is 11.8 Å². The van der Waals surface area contributed by atoms with Gasteiger partial charge in [-0.1, -0.05) is 250 Å². The van der Waals surface area contributed by atoms with Crippen LogP contribution in [0.2, 0.25) is 0 Å². The maximum Gasteiger partial charge on any atom is 0.143 e. The molecule has 1 spiro atoms. The zero-order chi connectivity index (χ0) is 72.5. The Kier molecular flexibility index (Phi) is 14.2. The number of rotatable bonds is 10. The highest BCUT2D eigenvalue weighted by Crippen LogP contribution is 2.65. The fourth-order valence-corrected chi connectivity index (χ4v) is 22.7. The molecule has 0 amide bonds. The van der Waals surface area contributed by atoms with Gasteiger partial charge in [-0.3, -0.25) is 0 Å². The number of fused-ring (bicyclic) bond motifs is 21. The average molecular weight is 1460 g/mol. The number of hydrogen-bond acceptors (Lipinski definition) is 8. The first-order valence-electron chi connectivity index (χ1n) is 37.8. The Morgan fingerprint density at radius 1 is 0.336 bits per heavy atom. The van der Waals surface area contributed by atoms with Crippen LogP contribution in [0.25, 0.3) is 88.4 Å². The molecule has 2 aromatic heterocycles. The molecule has 5 nitrogen and oxygen atoms in total. The normalized spacial score (nSPS) is 14.9. The minimum absolute atomic E-state index is 0.149. The largest absolute Gasteiger partial charge is 0.456 e. The average Bonchev–Trinajstić information content (AvgIpc) is 1.49. The second-order valence-electron chi connectivity index (χ2n) is 30.1. The number of furan rings is 2. The predicted molar refractivity (Wildman–Crippen MR) is 458 cm³/mol. The number of nitrogens with zero attached hydrogens (tertiary/aromatic N) is 3. The zero-order valence-electron chi connectivity index (χ0n) is 60.2. The van der Waals surface area contributed by atoms with Crippen molar-refractivity contribution in [3.05, 3.63) is 396 Å². The number of hydrogen-bond donors (Lipinski definition) is 0. The van der Waals surface area contributed by atoms with Crippen LogP contribution in [0.15, 0.2) is 385 Å². The monoisotopic (exact) mass is 1460 g/mol. The highest BCUT2D eigenvalue weighted by molar-refractivity contribution is 8.00. The molecule has 0 bridgehead atoms. The summed E-state index contributed by atoms with van der Waals surface area (Å²) in [5, 5.41) is 4.51. The van der Waals surface area contributed by atoms with E-state index in [9.17, 15) is 0 Å². The summed E-state index contributed by atoms with van der Waals surface area (Å²) in [6, 6.07) is 132. The van der Waals surface area contributed by atoms with Crippen molar-refractivity contribution >= 4 is 130 Å². The molecule has 110 heavy (non-hydrogen) atoms. The maximum atomic E-state index is 7.19. The first-order chi connectivity index (χ1) is 54.3. The zero-order valence-corrected chi connectivity index (χ0v) is 62.6. The molecule has 18 aromatic rings. The van der Waals surface area contributed by atoms with Crippen LogP contribution in [0.5, 0.6) is 0 Å². The fraction of sp³-hybridized carbons (Fsp3) is 0.0588. The molecule has 0 N–H and O–H groups in total. The molecule has 3 aliphatic heterocycles. The molecular weight excluding hydrogens is 1400 g/mol. The summed E-state index contributed by atoms with van der Waals surface area (Å²) in [5.74, 6) is 0. The van der Waals surface area contributed by atoms with Crippen molar-refractivity contribution in [2.45, 2.75) is 60.8 Å². The van der Waals surface area contributed by atoms with E-state index in [-0.39, 0.29) is 10.7 Å². The lowest BCUT2D eigenvalue weighted by Crippen LogP contribution is -2.32. The topological polar surface area (TPSA) is 36.0 Å². The summed E-state index contributed by atoms with van der Waals surface area (Å²) in [7, 11) is 0. The molecule has 16 aromatic carbocycles. The molecular formula is C102H67N3O2S3. The molecule has 0 fully saturated rings. The van der Waals surface area contributed by atoms with E-state index in [2.05, 4.69) is 380 Å². The summed E-state index contributed by atoms with van der Waals surface area (Å²) in [4.78, 5) is 13.7. The summed E-state index contributed by atoms with van der Waals surface area (Å²) in [6.07, 6.45) is 0.918. The Morgan fingerprint density at radius 3 is 1.66 bits per heavy atom. The van der Waals surface area contributed by atoms with Crippen LogP contribution < -0.4 is 14.7 Å².